The van der Waals surface area contributed by atoms with Gasteiger partial charge in [-0.05, 0) is 12.1 Å². The molecule has 1 aromatic carbocycles. The highest BCUT2D eigenvalue weighted by molar-refractivity contribution is 5.77. The van der Waals surface area contributed by atoms with Gasteiger partial charge in [0.05, 0.1) is 0 Å². The molecule has 1 heterocycles. The predicted octanol–water partition coefficient (Wildman–Crippen LogP) is 1.76. The van der Waals surface area contributed by atoms with Crippen LogP contribution in [0.2, 0.25) is 0 Å². The molecule has 4 nitrogen and oxygen atoms in total. The van der Waals surface area contributed by atoms with Gasteiger partial charge in [0.1, 0.15) is 0 Å². The number of aliphatic carboxylic acids is 1. The molecule has 0 fully saturated rings. The van der Waals surface area contributed by atoms with E-state index in [4.69, 9.17) is 9.90 Å². The van der Waals surface area contributed by atoms with Crippen molar-refractivity contribution < 1.29 is 14.3 Å². The first-order valence-corrected chi connectivity index (χ1v) is 4.48. The number of carbonyl (C=O) groups is 1. The van der Waals surface area contributed by atoms with Crippen LogP contribution in [0.4, 0.5) is 4.39 Å². The lowest BCUT2D eigenvalue weighted by atomic mass is 10.2. The molecule has 0 radical (unpaired) electrons. The minimum atomic E-state index is -0.833. The van der Waals surface area contributed by atoms with Gasteiger partial charge in [-0.2, -0.15) is 0 Å². The number of rotatable bonds is 0. The molecule has 84 valence electrons. The van der Waals surface area contributed by atoms with Gasteiger partial charge in [0.25, 0.3) is 11.5 Å². The number of pyridine rings is 1. The first-order chi connectivity index (χ1) is 7.50. The van der Waals surface area contributed by atoms with E-state index in [1.807, 2.05) is 0 Å². The van der Waals surface area contributed by atoms with Gasteiger partial charge >= 0.3 is 0 Å². The van der Waals surface area contributed by atoms with Gasteiger partial charge in [-0.1, -0.05) is 18.2 Å². The fourth-order valence-electron chi connectivity index (χ4n) is 1.12. The van der Waals surface area contributed by atoms with Gasteiger partial charge in [0.2, 0.25) is 0 Å². The van der Waals surface area contributed by atoms with E-state index in [1.54, 1.807) is 24.3 Å². The maximum Gasteiger partial charge on any atom is 0.300 e. The minimum absolute atomic E-state index is 0.656. The molecule has 0 aliphatic rings. The van der Waals surface area contributed by atoms with Crippen molar-refractivity contribution in [2.24, 2.45) is 0 Å². The van der Waals surface area contributed by atoms with Crippen LogP contribution in [0.5, 0.6) is 0 Å². The first kappa shape index (κ1) is 11.9. The summed E-state index contributed by atoms with van der Waals surface area (Å²) in [6.07, 6.45) is 0. The van der Waals surface area contributed by atoms with E-state index in [1.165, 1.54) is 6.07 Å². The molecular weight excluding hydrogens is 213 g/mol. The number of carboxylic acid groups (broad SMARTS) is 1. The third kappa shape index (κ3) is 3.20. The van der Waals surface area contributed by atoms with E-state index in [-0.39, 0.29) is 0 Å². The number of H-pyrrole nitrogens is 1. The van der Waals surface area contributed by atoms with E-state index in [9.17, 15) is 9.18 Å². The number of fused-ring (bicyclic) bond motifs is 1. The third-order valence-corrected chi connectivity index (χ3v) is 1.71. The number of aromatic amines is 1. The van der Waals surface area contributed by atoms with Gasteiger partial charge in [-0.15, -0.1) is 0 Å². The fourth-order valence-corrected chi connectivity index (χ4v) is 1.12. The summed E-state index contributed by atoms with van der Waals surface area (Å²) in [5.41, 5.74) is -0.0161. The first-order valence-electron chi connectivity index (χ1n) is 4.48. The molecule has 1 aromatic heterocycles. The zero-order chi connectivity index (χ0) is 12.1. The van der Waals surface area contributed by atoms with Crippen molar-refractivity contribution >= 4 is 16.9 Å². The highest BCUT2D eigenvalue weighted by Crippen LogP contribution is 2.08. The van der Waals surface area contributed by atoms with E-state index in [0.29, 0.717) is 10.9 Å². The minimum Gasteiger partial charge on any atom is -0.481 e. The van der Waals surface area contributed by atoms with Crippen molar-refractivity contribution in [1.29, 1.82) is 0 Å². The Kier molecular flexibility index (Phi) is 3.77. The van der Waals surface area contributed by atoms with Crippen molar-refractivity contribution in [2.75, 3.05) is 0 Å². The Hall–Kier alpha value is -2.17. The molecular formula is C11H10FNO3. The Morgan fingerprint density at radius 1 is 1.38 bits per heavy atom. The van der Waals surface area contributed by atoms with E-state index in [2.05, 4.69) is 4.98 Å². The molecule has 0 bridgehead atoms. The Morgan fingerprint density at radius 2 is 1.94 bits per heavy atom. The highest BCUT2D eigenvalue weighted by Gasteiger charge is 1.98. The molecule has 5 heteroatoms. The molecule has 2 aromatic rings. The van der Waals surface area contributed by atoms with Gasteiger partial charge in [0, 0.05) is 17.8 Å². The number of carboxylic acids is 1. The van der Waals surface area contributed by atoms with Crippen LogP contribution in [0.1, 0.15) is 6.92 Å². The standard InChI is InChI=1S/C9H6FNO.C2H4O2/c10-7-5-6-3-1-2-4-8(6)11-9(7)12;1-2(3)4/h1-5H,(H,11,12);1H3,(H,3,4). The van der Waals surface area contributed by atoms with Crippen molar-refractivity contribution in [3.05, 3.63) is 46.5 Å². The van der Waals surface area contributed by atoms with Crippen LogP contribution in [-0.4, -0.2) is 16.1 Å². The van der Waals surface area contributed by atoms with Crippen LogP contribution in [-0.2, 0) is 4.79 Å². The molecule has 0 spiro atoms. The largest absolute Gasteiger partial charge is 0.481 e. The summed E-state index contributed by atoms with van der Waals surface area (Å²) >= 11 is 0. The van der Waals surface area contributed by atoms with Crippen LogP contribution in [0, 0.1) is 5.82 Å². The van der Waals surface area contributed by atoms with Crippen molar-refractivity contribution in [1.82, 2.24) is 4.98 Å². The SMILES string of the molecule is CC(=O)O.O=c1[nH]c2ccccc2cc1F. The van der Waals surface area contributed by atoms with E-state index >= 15 is 0 Å². The van der Waals surface area contributed by atoms with Crippen LogP contribution >= 0.6 is 0 Å². The summed E-state index contributed by atoms with van der Waals surface area (Å²) in [5, 5.41) is 8.12. The zero-order valence-electron chi connectivity index (χ0n) is 8.53. The van der Waals surface area contributed by atoms with Crippen LogP contribution in [0.3, 0.4) is 0 Å². The molecule has 0 amide bonds. The Bertz CT molecular complexity index is 558. The molecule has 0 aliphatic carbocycles. The molecule has 16 heavy (non-hydrogen) atoms. The second kappa shape index (κ2) is 5.06. The molecule has 2 rings (SSSR count). The molecule has 0 saturated heterocycles. The summed E-state index contributed by atoms with van der Waals surface area (Å²) in [5.74, 6) is -1.58. The molecule has 0 aliphatic heterocycles. The summed E-state index contributed by atoms with van der Waals surface area (Å²) in [6.45, 7) is 1.08. The maximum absolute atomic E-state index is 12.7. The topological polar surface area (TPSA) is 70.2 Å². The Balaban J connectivity index is 0.000000280. The number of hydrogen-bond acceptors (Lipinski definition) is 2. The second-order valence-electron chi connectivity index (χ2n) is 3.05. The second-order valence-corrected chi connectivity index (χ2v) is 3.05. The van der Waals surface area contributed by atoms with E-state index in [0.717, 1.165) is 6.92 Å². The summed E-state index contributed by atoms with van der Waals surface area (Å²) in [7, 11) is 0. The molecule has 0 saturated carbocycles. The van der Waals surface area contributed by atoms with Crippen LogP contribution in [0.15, 0.2) is 35.1 Å². The Labute approximate surface area is 90.4 Å². The highest BCUT2D eigenvalue weighted by atomic mass is 19.1. The zero-order valence-corrected chi connectivity index (χ0v) is 8.53. The molecule has 0 atom stereocenters. The third-order valence-electron chi connectivity index (χ3n) is 1.71. The number of hydrogen-bond donors (Lipinski definition) is 2. The normalized spacial score (nSPS) is 9.38. The van der Waals surface area contributed by atoms with Crippen molar-refractivity contribution in [3.8, 4) is 0 Å². The number of halogens is 1. The number of nitrogens with one attached hydrogen (secondary N) is 1. The van der Waals surface area contributed by atoms with Crippen molar-refractivity contribution in [3.63, 3.8) is 0 Å². The van der Waals surface area contributed by atoms with Crippen LogP contribution in [0.25, 0.3) is 10.9 Å². The summed E-state index contributed by atoms with van der Waals surface area (Å²) in [4.78, 5) is 22.2. The Morgan fingerprint density at radius 3 is 2.56 bits per heavy atom. The van der Waals surface area contributed by atoms with Gasteiger partial charge in [0.15, 0.2) is 5.82 Å². The predicted molar refractivity (Wildman–Crippen MR) is 57.8 cm³/mol. The summed E-state index contributed by atoms with van der Waals surface area (Å²) in [6, 6.07) is 8.29. The van der Waals surface area contributed by atoms with Gasteiger partial charge in [-0.25, -0.2) is 4.39 Å². The smallest absolute Gasteiger partial charge is 0.300 e. The van der Waals surface area contributed by atoms with E-state index < -0.39 is 17.3 Å². The average molecular weight is 223 g/mol. The van der Waals surface area contributed by atoms with Gasteiger partial charge in [-0.3, -0.25) is 9.59 Å². The van der Waals surface area contributed by atoms with Gasteiger partial charge < -0.3 is 10.1 Å². The lowest BCUT2D eigenvalue weighted by Gasteiger charge is -1.95. The molecule has 2 N–H and O–H groups in total. The maximum atomic E-state index is 12.7. The monoisotopic (exact) mass is 223 g/mol. The lowest BCUT2D eigenvalue weighted by Crippen LogP contribution is -2.09. The quantitative estimate of drug-likeness (QED) is 0.714. The summed E-state index contributed by atoms with van der Waals surface area (Å²) < 4.78 is 12.7. The number of aromatic nitrogens is 1. The fraction of sp³-hybridized carbons (Fsp3) is 0.0909. The molecule has 0 unspecified atom stereocenters. The number of benzene rings is 1. The van der Waals surface area contributed by atoms with Crippen molar-refractivity contribution in [2.45, 2.75) is 6.92 Å². The van der Waals surface area contributed by atoms with Crippen LogP contribution < -0.4 is 5.56 Å². The lowest BCUT2D eigenvalue weighted by molar-refractivity contribution is -0.134. The number of para-hydroxylation sites is 1. The average Bonchev–Trinajstić information content (AvgIpc) is 2.19.